The van der Waals surface area contributed by atoms with E-state index in [4.69, 9.17) is 4.74 Å². The van der Waals surface area contributed by atoms with Crippen molar-refractivity contribution in [2.24, 2.45) is 0 Å². The van der Waals surface area contributed by atoms with Gasteiger partial charge in [-0.05, 0) is 75.2 Å². The van der Waals surface area contributed by atoms with E-state index < -0.39 is 0 Å². The van der Waals surface area contributed by atoms with E-state index in [2.05, 4.69) is 49.3 Å². The molecule has 1 aromatic rings. The molecule has 1 aromatic carbocycles. The Hall–Kier alpha value is 0.190. The molecule has 0 spiro atoms. The molecule has 0 unspecified atom stereocenters. The predicted octanol–water partition coefficient (Wildman–Crippen LogP) is 4.04. The maximum atomic E-state index is 9.66. The van der Waals surface area contributed by atoms with Crippen LogP contribution in [0.1, 0.15) is 31.2 Å². The molecule has 114 valence electrons. The standard InChI is InChI=1S/C14H19Br2NO2.ClH/c1-19-14-12(15)5-9(6-13(14)16)8-17-10-3-2-4-11(18)7-10;/h5-6,10-11,17-18H,2-4,7-8H2,1H3;1H/t10-,11+;/m0./s1. The van der Waals surface area contributed by atoms with Gasteiger partial charge in [-0.15, -0.1) is 12.4 Å². The molecule has 1 fully saturated rings. The molecule has 0 aliphatic heterocycles. The third-order valence-corrected chi connectivity index (χ3v) is 4.68. The van der Waals surface area contributed by atoms with Crippen molar-refractivity contribution in [2.75, 3.05) is 7.11 Å². The lowest BCUT2D eigenvalue weighted by atomic mass is 9.93. The first-order chi connectivity index (χ1) is 9.10. The maximum absolute atomic E-state index is 9.66. The van der Waals surface area contributed by atoms with Crippen LogP contribution >= 0.6 is 44.3 Å². The third kappa shape index (κ3) is 4.88. The Morgan fingerprint density at radius 1 is 1.30 bits per heavy atom. The van der Waals surface area contributed by atoms with Crippen molar-refractivity contribution in [3.05, 3.63) is 26.6 Å². The molecule has 20 heavy (non-hydrogen) atoms. The summed E-state index contributed by atoms with van der Waals surface area (Å²) in [5.74, 6) is 0.817. The van der Waals surface area contributed by atoms with Gasteiger partial charge in [0.05, 0.1) is 22.2 Å². The van der Waals surface area contributed by atoms with Crippen LogP contribution in [-0.2, 0) is 6.54 Å². The van der Waals surface area contributed by atoms with Gasteiger partial charge in [0.25, 0.3) is 0 Å². The molecule has 0 radical (unpaired) electrons. The van der Waals surface area contributed by atoms with Gasteiger partial charge in [0.1, 0.15) is 5.75 Å². The summed E-state index contributed by atoms with van der Waals surface area (Å²) in [5, 5.41) is 13.2. The lowest BCUT2D eigenvalue weighted by molar-refractivity contribution is 0.111. The van der Waals surface area contributed by atoms with E-state index >= 15 is 0 Å². The number of benzene rings is 1. The highest BCUT2D eigenvalue weighted by Gasteiger charge is 2.19. The van der Waals surface area contributed by atoms with E-state index in [1.54, 1.807) is 7.11 Å². The number of nitrogens with one attached hydrogen (secondary N) is 1. The summed E-state index contributed by atoms with van der Waals surface area (Å²) < 4.78 is 7.19. The number of ether oxygens (including phenoxy) is 1. The van der Waals surface area contributed by atoms with Crippen LogP contribution in [0.2, 0.25) is 0 Å². The molecule has 0 heterocycles. The van der Waals surface area contributed by atoms with Crippen molar-refractivity contribution >= 4 is 44.3 Å². The molecule has 2 N–H and O–H groups in total. The zero-order valence-electron chi connectivity index (χ0n) is 11.4. The fourth-order valence-electron chi connectivity index (χ4n) is 2.52. The number of aliphatic hydroxyl groups is 1. The van der Waals surface area contributed by atoms with Gasteiger partial charge in [-0.25, -0.2) is 0 Å². The first-order valence-electron chi connectivity index (χ1n) is 6.53. The highest BCUT2D eigenvalue weighted by Crippen LogP contribution is 2.34. The van der Waals surface area contributed by atoms with E-state index in [1.165, 1.54) is 5.56 Å². The fraction of sp³-hybridized carbons (Fsp3) is 0.571. The molecule has 2 rings (SSSR count). The summed E-state index contributed by atoms with van der Waals surface area (Å²) in [6.45, 7) is 0.804. The van der Waals surface area contributed by atoms with Crippen LogP contribution in [0.15, 0.2) is 21.1 Å². The van der Waals surface area contributed by atoms with Crippen LogP contribution < -0.4 is 10.1 Å². The van der Waals surface area contributed by atoms with Crippen molar-refractivity contribution in [3.63, 3.8) is 0 Å². The lowest BCUT2D eigenvalue weighted by Gasteiger charge is -2.26. The molecule has 6 heteroatoms. The maximum Gasteiger partial charge on any atom is 0.147 e. The average molecular weight is 430 g/mol. The van der Waals surface area contributed by atoms with Gasteiger partial charge in [0.15, 0.2) is 0 Å². The highest BCUT2D eigenvalue weighted by molar-refractivity contribution is 9.11. The SMILES string of the molecule is COc1c(Br)cc(CN[C@H]2CCC[C@@H](O)C2)cc1Br.Cl. The lowest BCUT2D eigenvalue weighted by Crippen LogP contribution is -2.35. The molecule has 3 nitrogen and oxygen atoms in total. The molecule has 1 aliphatic carbocycles. The minimum atomic E-state index is -0.138. The van der Waals surface area contributed by atoms with Gasteiger partial charge in [-0.2, -0.15) is 0 Å². The number of methoxy groups -OCH3 is 1. The minimum Gasteiger partial charge on any atom is -0.494 e. The summed E-state index contributed by atoms with van der Waals surface area (Å²) in [6, 6.07) is 4.55. The Bertz CT molecular complexity index is 422. The molecular formula is C14H20Br2ClNO2. The van der Waals surface area contributed by atoms with Crippen LogP contribution in [0.3, 0.4) is 0 Å². The van der Waals surface area contributed by atoms with Gasteiger partial charge in [0.2, 0.25) is 0 Å². The fourth-order valence-corrected chi connectivity index (χ4v) is 4.13. The van der Waals surface area contributed by atoms with E-state index in [9.17, 15) is 5.11 Å². The summed E-state index contributed by atoms with van der Waals surface area (Å²) in [6.07, 6.45) is 3.92. The number of hydrogen-bond donors (Lipinski definition) is 2. The van der Waals surface area contributed by atoms with Gasteiger partial charge in [-0.1, -0.05) is 0 Å². The second kappa shape index (κ2) is 8.59. The summed E-state index contributed by atoms with van der Waals surface area (Å²) in [4.78, 5) is 0. The van der Waals surface area contributed by atoms with Crippen LogP contribution in [0.25, 0.3) is 0 Å². The molecule has 1 saturated carbocycles. The van der Waals surface area contributed by atoms with E-state index in [1.807, 2.05) is 0 Å². The molecule has 1 aliphatic rings. The first kappa shape index (κ1) is 18.2. The van der Waals surface area contributed by atoms with Crippen LogP contribution in [0, 0.1) is 0 Å². The summed E-state index contributed by atoms with van der Waals surface area (Å²) in [5.41, 5.74) is 1.19. The molecule has 2 atom stereocenters. The van der Waals surface area contributed by atoms with Crippen molar-refractivity contribution in [2.45, 2.75) is 44.4 Å². The van der Waals surface area contributed by atoms with E-state index in [-0.39, 0.29) is 18.5 Å². The first-order valence-corrected chi connectivity index (χ1v) is 8.12. The zero-order valence-corrected chi connectivity index (χ0v) is 15.4. The van der Waals surface area contributed by atoms with E-state index in [0.717, 1.165) is 46.9 Å². The summed E-state index contributed by atoms with van der Waals surface area (Å²) >= 11 is 7.02. The average Bonchev–Trinajstić information content (AvgIpc) is 2.36. The van der Waals surface area contributed by atoms with Crippen LogP contribution in [0.4, 0.5) is 0 Å². The monoisotopic (exact) mass is 427 g/mol. The Morgan fingerprint density at radius 3 is 2.50 bits per heavy atom. The Labute approximate surface area is 143 Å². The normalized spacial score (nSPS) is 22.2. The quantitative estimate of drug-likeness (QED) is 0.759. The van der Waals surface area contributed by atoms with Crippen LogP contribution in [-0.4, -0.2) is 24.4 Å². The molecule has 0 amide bonds. The largest absolute Gasteiger partial charge is 0.494 e. The van der Waals surface area contributed by atoms with Gasteiger partial charge >= 0.3 is 0 Å². The Morgan fingerprint density at radius 2 is 1.95 bits per heavy atom. The third-order valence-electron chi connectivity index (χ3n) is 3.50. The van der Waals surface area contributed by atoms with Gasteiger partial charge in [0, 0.05) is 12.6 Å². The van der Waals surface area contributed by atoms with Crippen molar-refractivity contribution < 1.29 is 9.84 Å². The molecule has 0 aromatic heterocycles. The minimum absolute atomic E-state index is 0. The van der Waals surface area contributed by atoms with Crippen LogP contribution in [0.5, 0.6) is 5.75 Å². The van der Waals surface area contributed by atoms with Crippen molar-refractivity contribution in [1.29, 1.82) is 0 Å². The van der Waals surface area contributed by atoms with Crippen molar-refractivity contribution in [1.82, 2.24) is 5.32 Å². The van der Waals surface area contributed by atoms with Gasteiger partial charge < -0.3 is 15.2 Å². The summed E-state index contributed by atoms with van der Waals surface area (Å²) in [7, 11) is 1.66. The number of aliphatic hydroxyl groups excluding tert-OH is 1. The second-order valence-electron chi connectivity index (χ2n) is 4.99. The Kier molecular flexibility index (Phi) is 7.83. The van der Waals surface area contributed by atoms with Crippen molar-refractivity contribution in [3.8, 4) is 5.75 Å². The zero-order chi connectivity index (χ0) is 13.8. The molecular weight excluding hydrogens is 409 g/mol. The number of halogens is 3. The molecule has 0 bridgehead atoms. The molecule has 0 saturated heterocycles. The smallest absolute Gasteiger partial charge is 0.147 e. The van der Waals surface area contributed by atoms with E-state index in [0.29, 0.717) is 6.04 Å². The topological polar surface area (TPSA) is 41.5 Å². The predicted molar refractivity (Wildman–Crippen MR) is 90.7 cm³/mol. The number of hydrogen-bond acceptors (Lipinski definition) is 3. The second-order valence-corrected chi connectivity index (χ2v) is 6.70. The highest BCUT2D eigenvalue weighted by atomic mass is 79.9. The Balaban J connectivity index is 0.00000200. The number of rotatable bonds is 4. The van der Waals surface area contributed by atoms with Gasteiger partial charge in [-0.3, -0.25) is 0 Å².